The Morgan fingerprint density at radius 1 is 1.29 bits per heavy atom. The summed E-state index contributed by atoms with van der Waals surface area (Å²) in [6, 6.07) is 1.34. The van der Waals surface area contributed by atoms with Gasteiger partial charge in [0.2, 0.25) is 5.95 Å². The van der Waals surface area contributed by atoms with Crippen LogP contribution in [0.25, 0.3) is 11.0 Å². The van der Waals surface area contributed by atoms with Crippen molar-refractivity contribution in [3.63, 3.8) is 0 Å². The number of hydrogen-bond donors (Lipinski definition) is 7. The molecule has 3 rings (SSSR count). The molecular formula is C13H16ClN4O13P3. The minimum Gasteiger partial charge on any atom is -0.387 e. The molecule has 0 amide bonds. The summed E-state index contributed by atoms with van der Waals surface area (Å²) in [5, 5.41) is 10.7. The maximum absolute atomic E-state index is 12.1. The molecule has 1 fully saturated rings. The molecule has 0 aliphatic carbocycles. The lowest BCUT2D eigenvalue weighted by molar-refractivity contribution is -0.0426. The Morgan fingerprint density at radius 2 is 1.94 bits per heavy atom. The lowest BCUT2D eigenvalue weighted by Gasteiger charge is -2.25. The highest BCUT2D eigenvalue weighted by atomic mass is 35.5. The van der Waals surface area contributed by atoms with Crippen LogP contribution in [0.3, 0.4) is 0 Å². The number of aliphatic hydroxyl groups is 1. The van der Waals surface area contributed by atoms with Crippen LogP contribution < -0.4 is 11.3 Å². The van der Waals surface area contributed by atoms with Crippen molar-refractivity contribution in [2.45, 2.75) is 23.3 Å². The van der Waals surface area contributed by atoms with Crippen LogP contribution in [-0.4, -0.2) is 62.9 Å². The number of fused-ring (bicyclic) bond motifs is 1. The summed E-state index contributed by atoms with van der Waals surface area (Å²) in [6.45, 7) is -1.02. The Kier molecular flexibility index (Phi) is 7.24. The normalized spacial score (nSPS) is 28.9. The number of aliphatic hydroxyl groups excluding tert-OH is 1. The smallest absolute Gasteiger partial charge is 0.387 e. The van der Waals surface area contributed by atoms with Gasteiger partial charge in [-0.1, -0.05) is 17.5 Å². The second-order valence-corrected chi connectivity index (χ2v) is 11.7. The van der Waals surface area contributed by atoms with Crippen molar-refractivity contribution in [1.82, 2.24) is 14.5 Å². The number of phosphoric ester groups is 1. The number of hydrogen-bond acceptors (Lipinski definition) is 11. The van der Waals surface area contributed by atoms with Crippen molar-refractivity contribution in [2.75, 3.05) is 12.3 Å². The maximum Gasteiger partial charge on any atom is 0.490 e. The van der Waals surface area contributed by atoms with E-state index in [-0.39, 0.29) is 17.0 Å². The van der Waals surface area contributed by atoms with Gasteiger partial charge in [-0.15, -0.1) is 6.42 Å². The van der Waals surface area contributed by atoms with E-state index in [1.54, 1.807) is 0 Å². The van der Waals surface area contributed by atoms with Crippen LogP contribution in [0.4, 0.5) is 5.95 Å². The Bertz CT molecular complexity index is 1350. The van der Waals surface area contributed by atoms with E-state index in [0.29, 0.717) is 0 Å². The number of nitrogens with zero attached hydrogens (tertiary/aromatic N) is 2. The quantitative estimate of drug-likeness (QED) is 0.121. The van der Waals surface area contributed by atoms with E-state index in [1.165, 1.54) is 16.8 Å². The Labute approximate surface area is 193 Å². The molecule has 1 aliphatic rings. The molecule has 6 atom stereocenters. The van der Waals surface area contributed by atoms with E-state index in [9.17, 15) is 33.4 Å². The fourth-order valence-electron chi connectivity index (χ4n) is 3.03. The molecular weight excluding hydrogens is 549 g/mol. The van der Waals surface area contributed by atoms with Gasteiger partial charge in [-0.2, -0.15) is 13.6 Å². The molecule has 0 saturated carbocycles. The van der Waals surface area contributed by atoms with Crippen LogP contribution in [0.1, 0.15) is 6.23 Å². The van der Waals surface area contributed by atoms with E-state index < -0.39 is 58.9 Å². The zero-order chi connectivity index (χ0) is 25.7. The number of aromatic amines is 1. The fraction of sp³-hybridized carbons (Fsp3) is 0.385. The molecule has 1 aliphatic heterocycles. The third kappa shape index (κ3) is 5.62. The molecule has 3 unspecified atom stereocenters. The highest BCUT2D eigenvalue weighted by molar-refractivity contribution is 7.66. The number of aromatic nitrogens is 3. The number of rotatable bonds is 8. The summed E-state index contributed by atoms with van der Waals surface area (Å²) in [5.41, 5.74) is 4.94. The number of alkyl halides is 1. The van der Waals surface area contributed by atoms with Crippen LogP contribution in [0, 0.1) is 12.3 Å². The van der Waals surface area contributed by atoms with Crippen LogP contribution in [0.2, 0.25) is 0 Å². The largest absolute Gasteiger partial charge is 0.490 e. The van der Waals surface area contributed by atoms with Gasteiger partial charge in [-0.3, -0.25) is 14.3 Å². The molecule has 0 bridgehead atoms. The number of phosphoric acid groups is 3. The van der Waals surface area contributed by atoms with Crippen molar-refractivity contribution < 1.29 is 56.3 Å². The molecule has 1 saturated heterocycles. The van der Waals surface area contributed by atoms with Crippen molar-refractivity contribution in [3.8, 4) is 12.3 Å². The number of nitrogen functional groups attached to an aromatic ring is 1. The molecule has 34 heavy (non-hydrogen) atoms. The summed E-state index contributed by atoms with van der Waals surface area (Å²) in [6.07, 6.45) is 2.01. The molecule has 2 aromatic heterocycles. The van der Waals surface area contributed by atoms with E-state index in [2.05, 4.69) is 29.0 Å². The molecule has 21 heteroatoms. The highest BCUT2D eigenvalue weighted by Crippen LogP contribution is 2.66. The topological polar surface area (TPSA) is 266 Å². The third-order valence-corrected chi connectivity index (χ3v) is 8.66. The summed E-state index contributed by atoms with van der Waals surface area (Å²) in [4.78, 5) is 52.1. The predicted molar refractivity (Wildman–Crippen MR) is 112 cm³/mol. The first-order valence-corrected chi connectivity index (χ1v) is 13.5. The summed E-state index contributed by atoms with van der Waals surface area (Å²) < 4.78 is 52.4. The van der Waals surface area contributed by atoms with Gasteiger partial charge in [-0.05, 0) is 6.07 Å². The molecule has 3 heterocycles. The molecule has 17 nitrogen and oxygen atoms in total. The van der Waals surface area contributed by atoms with Gasteiger partial charge in [0.1, 0.15) is 12.2 Å². The minimum atomic E-state index is -5.75. The average molecular weight is 565 g/mol. The van der Waals surface area contributed by atoms with Gasteiger partial charge in [0.15, 0.2) is 16.7 Å². The van der Waals surface area contributed by atoms with Crippen LogP contribution in [0.5, 0.6) is 0 Å². The summed E-state index contributed by atoms with van der Waals surface area (Å²) in [5.74, 6) is 1.88. The van der Waals surface area contributed by atoms with Gasteiger partial charge < -0.3 is 39.7 Å². The Morgan fingerprint density at radius 3 is 2.53 bits per heavy atom. The van der Waals surface area contributed by atoms with Gasteiger partial charge in [0.25, 0.3) is 5.56 Å². The number of halogens is 1. The highest BCUT2D eigenvalue weighted by Gasteiger charge is 2.56. The Hall–Kier alpha value is -1.60. The summed E-state index contributed by atoms with van der Waals surface area (Å²) in [7, 11) is -16.8. The zero-order valence-corrected chi connectivity index (χ0v) is 19.8. The summed E-state index contributed by atoms with van der Waals surface area (Å²) >= 11 is 6.38. The third-order valence-electron chi connectivity index (χ3n) is 4.34. The number of anilines is 1. The first kappa shape index (κ1) is 27.0. The fourth-order valence-corrected chi connectivity index (χ4v) is 6.36. The lowest BCUT2D eigenvalue weighted by atomic mass is 9.99. The number of terminal acetylenes is 1. The molecule has 2 aromatic rings. The Balaban J connectivity index is 1.83. The predicted octanol–water partition coefficient (Wildman–Crippen LogP) is -0.481. The van der Waals surface area contributed by atoms with Crippen molar-refractivity contribution in [1.29, 1.82) is 0 Å². The van der Waals surface area contributed by atoms with E-state index in [1.807, 2.05) is 0 Å². The average Bonchev–Trinajstić information content (AvgIpc) is 3.17. The van der Waals surface area contributed by atoms with Crippen LogP contribution >= 0.6 is 35.1 Å². The minimum absolute atomic E-state index is 0.0211. The van der Waals surface area contributed by atoms with Gasteiger partial charge in [0.05, 0.1) is 12.0 Å². The molecule has 188 valence electrons. The van der Waals surface area contributed by atoms with Crippen molar-refractivity contribution >= 4 is 52.1 Å². The second-order valence-electron chi connectivity index (χ2n) is 6.68. The standard InChI is InChI=1S/C13H16ClN4O13P3/c1-2-13(14)8(19)7(5-28-33(24,25)31-34(26,27)30-32(21,22)23)29-11(13)18-4-3-6-9(18)16-12(15)17-10(6)20/h1,3-4,7-8,11,19H,5H2,(H,24,25)(H,26,27)(H2,21,22,23)(H3,15,16,17,20)/t7-,8+,11-,13?/m1/s1. The van der Waals surface area contributed by atoms with Gasteiger partial charge in [-0.25, -0.2) is 13.7 Å². The number of nitrogens with two attached hydrogens (primary N) is 1. The first-order chi connectivity index (χ1) is 15.5. The maximum atomic E-state index is 12.1. The SMILES string of the molecule is C#CC1(Cl)[C@@H](O)[C@@H](COP(=O)(O)OP(=O)(O)OP(=O)(O)O)O[C@H]1n1ccc2c(=O)[nH]c(N)nc21. The van der Waals surface area contributed by atoms with Gasteiger partial charge >= 0.3 is 23.5 Å². The van der Waals surface area contributed by atoms with Crippen molar-refractivity contribution in [2.24, 2.45) is 0 Å². The molecule has 8 N–H and O–H groups in total. The number of nitrogens with one attached hydrogen (secondary N) is 1. The molecule has 0 radical (unpaired) electrons. The van der Waals surface area contributed by atoms with E-state index in [0.717, 1.165) is 0 Å². The number of ether oxygens (including phenoxy) is 1. The second kappa shape index (κ2) is 9.12. The first-order valence-electron chi connectivity index (χ1n) is 8.63. The lowest BCUT2D eigenvalue weighted by Crippen LogP contribution is -2.41. The zero-order valence-electron chi connectivity index (χ0n) is 16.4. The molecule has 0 spiro atoms. The van der Waals surface area contributed by atoms with Crippen LogP contribution in [-0.2, 0) is 31.6 Å². The number of H-pyrrole nitrogens is 1. The van der Waals surface area contributed by atoms with Crippen LogP contribution in [0.15, 0.2) is 17.1 Å². The monoisotopic (exact) mass is 564 g/mol. The van der Waals surface area contributed by atoms with Crippen molar-refractivity contribution in [3.05, 3.63) is 22.6 Å². The van der Waals surface area contributed by atoms with E-state index >= 15 is 0 Å². The van der Waals surface area contributed by atoms with Gasteiger partial charge in [0, 0.05) is 6.20 Å². The molecule has 0 aromatic carbocycles. The van der Waals surface area contributed by atoms with E-state index in [4.69, 9.17) is 38.3 Å².